The molecule has 2 bridgehead atoms. The topological polar surface area (TPSA) is 106 Å². The van der Waals surface area contributed by atoms with Crippen molar-refractivity contribution in [1.29, 1.82) is 0 Å². The second kappa shape index (κ2) is 11.0. The Labute approximate surface area is 255 Å². The van der Waals surface area contributed by atoms with Crippen LogP contribution >= 0.6 is 11.3 Å². The van der Waals surface area contributed by atoms with Gasteiger partial charge in [0, 0.05) is 44.8 Å². The second-order valence-electron chi connectivity index (χ2n) is 12.7. The van der Waals surface area contributed by atoms with Crippen LogP contribution in [0.25, 0.3) is 20.9 Å². The van der Waals surface area contributed by atoms with Gasteiger partial charge in [-0.1, -0.05) is 12.1 Å². The van der Waals surface area contributed by atoms with Gasteiger partial charge in [0.05, 0.1) is 22.3 Å². The van der Waals surface area contributed by atoms with E-state index in [1.54, 1.807) is 17.5 Å². The minimum absolute atomic E-state index is 0.117. The Balaban J connectivity index is 1.15. The fourth-order valence-electron chi connectivity index (χ4n) is 6.40. The highest BCUT2D eigenvalue weighted by Crippen LogP contribution is 2.41. The summed E-state index contributed by atoms with van der Waals surface area (Å²) in [5.41, 5.74) is 3.62. The number of aromatic nitrogens is 4. The monoisotopic (exact) mass is 599 g/mol. The molecule has 0 spiro atoms. The Morgan fingerprint density at radius 3 is 2.65 bits per heavy atom. The number of rotatable bonds is 5. The van der Waals surface area contributed by atoms with Crippen LogP contribution in [0.4, 0.5) is 22.2 Å². The second-order valence-corrected chi connectivity index (χ2v) is 13.7. The molecular formula is C32H37N7O3S. The van der Waals surface area contributed by atoms with Crippen molar-refractivity contribution >= 4 is 45.1 Å². The number of nitrogens with one attached hydrogen (secondary N) is 1. The number of carbonyl (C=O) groups excluding carboxylic acids is 1. The lowest BCUT2D eigenvalue weighted by atomic mass is 9.91. The number of nitrogens with zero attached hydrogens (tertiary/aromatic N) is 6. The summed E-state index contributed by atoms with van der Waals surface area (Å²) in [4.78, 5) is 36.5. The molecule has 4 aromatic rings. The molecule has 0 aliphatic carbocycles. The van der Waals surface area contributed by atoms with E-state index in [4.69, 9.17) is 19.4 Å². The molecular weight excluding hydrogens is 562 g/mol. The molecule has 11 heteroatoms. The summed E-state index contributed by atoms with van der Waals surface area (Å²) in [7, 11) is 0. The standard InChI is InChI=1S/C32H37N7O3S/c1-19-6-5-11-33-28(19)30-35-24-15-27(34-16-25(24)43-30)36-26-8-7-23(20-9-12-41-13-10-20)29(37-26)38-17-22-14-21(38)18-39(22)31(40)42-32(2,3)4/h5-8,11,15-16,20-22H,9-10,12-14,17-18H2,1-4H3,(H,34,36,37)/t21-,22-/m0/s1. The lowest BCUT2D eigenvalue weighted by Gasteiger charge is -2.37. The van der Waals surface area contributed by atoms with E-state index in [0.717, 1.165) is 77.1 Å². The van der Waals surface area contributed by atoms with Crippen LogP contribution in [0.15, 0.2) is 42.7 Å². The van der Waals surface area contributed by atoms with Crippen LogP contribution in [-0.4, -0.2) is 74.9 Å². The Kier molecular flexibility index (Phi) is 7.17. The fraction of sp³-hybridized carbons (Fsp3) is 0.469. The zero-order chi connectivity index (χ0) is 29.7. The van der Waals surface area contributed by atoms with E-state index in [-0.39, 0.29) is 18.2 Å². The molecule has 4 aromatic heterocycles. The molecule has 3 fully saturated rings. The van der Waals surface area contributed by atoms with Crippen molar-refractivity contribution in [3.8, 4) is 10.7 Å². The summed E-state index contributed by atoms with van der Waals surface area (Å²) < 4.78 is 12.4. The average molecular weight is 600 g/mol. The first-order chi connectivity index (χ1) is 20.7. The number of hydrogen-bond donors (Lipinski definition) is 1. The molecule has 43 heavy (non-hydrogen) atoms. The third kappa shape index (κ3) is 5.63. The maximum Gasteiger partial charge on any atom is 0.410 e. The van der Waals surface area contributed by atoms with Gasteiger partial charge in [0.2, 0.25) is 0 Å². The van der Waals surface area contributed by atoms with E-state index >= 15 is 0 Å². The molecule has 0 aromatic carbocycles. The van der Waals surface area contributed by atoms with E-state index in [2.05, 4.69) is 26.3 Å². The first kappa shape index (κ1) is 28.0. The van der Waals surface area contributed by atoms with Gasteiger partial charge in [-0.25, -0.2) is 19.7 Å². The van der Waals surface area contributed by atoms with Crippen molar-refractivity contribution in [3.63, 3.8) is 0 Å². The SMILES string of the molecule is Cc1cccnc1-c1nc2cc(Nc3ccc(C4CCOCC4)c(N4C[C@@H]5C[C@H]4CN5C(=O)OC(C)(C)C)n3)ncc2s1. The number of thiazole rings is 1. The van der Waals surface area contributed by atoms with Crippen molar-refractivity contribution in [2.75, 3.05) is 36.5 Å². The highest BCUT2D eigenvalue weighted by atomic mass is 32.1. The van der Waals surface area contributed by atoms with Gasteiger partial charge < -0.3 is 24.6 Å². The normalized spacial score (nSPS) is 20.7. The molecule has 0 saturated carbocycles. The van der Waals surface area contributed by atoms with Crippen LogP contribution in [-0.2, 0) is 9.47 Å². The Hall–Kier alpha value is -3.83. The van der Waals surface area contributed by atoms with Crippen LogP contribution < -0.4 is 10.2 Å². The fourth-order valence-corrected chi connectivity index (χ4v) is 7.38. The number of piperazine rings is 1. The molecule has 0 radical (unpaired) electrons. The summed E-state index contributed by atoms with van der Waals surface area (Å²) in [6.07, 6.45) is 6.32. The summed E-state index contributed by atoms with van der Waals surface area (Å²) >= 11 is 1.60. The van der Waals surface area contributed by atoms with E-state index in [9.17, 15) is 4.79 Å². The van der Waals surface area contributed by atoms with Crippen molar-refractivity contribution in [1.82, 2.24) is 24.8 Å². The predicted molar refractivity (Wildman–Crippen MR) is 168 cm³/mol. The van der Waals surface area contributed by atoms with E-state index < -0.39 is 5.60 Å². The Morgan fingerprint density at radius 2 is 1.91 bits per heavy atom. The first-order valence-corrected chi connectivity index (χ1v) is 15.8. The van der Waals surface area contributed by atoms with Gasteiger partial charge in [-0.15, -0.1) is 11.3 Å². The van der Waals surface area contributed by atoms with Crippen LogP contribution in [0.2, 0.25) is 0 Å². The largest absolute Gasteiger partial charge is 0.444 e. The van der Waals surface area contributed by atoms with Gasteiger partial charge in [-0.2, -0.15) is 0 Å². The molecule has 1 N–H and O–H groups in total. The number of amides is 1. The Morgan fingerprint density at radius 1 is 1.07 bits per heavy atom. The molecule has 3 aliphatic heterocycles. The highest BCUT2D eigenvalue weighted by Gasteiger charge is 2.47. The molecule has 10 nitrogen and oxygen atoms in total. The molecule has 1 amide bonds. The lowest BCUT2D eigenvalue weighted by molar-refractivity contribution is 0.0214. The zero-order valence-electron chi connectivity index (χ0n) is 25.0. The average Bonchev–Trinajstić information content (AvgIpc) is 3.71. The van der Waals surface area contributed by atoms with Crippen molar-refractivity contribution in [2.45, 2.75) is 70.6 Å². The van der Waals surface area contributed by atoms with Gasteiger partial charge in [0.1, 0.15) is 33.8 Å². The summed E-state index contributed by atoms with van der Waals surface area (Å²) in [6, 6.07) is 10.5. The third-order valence-electron chi connectivity index (χ3n) is 8.45. The molecule has 7 heterocycles. The number of carbonyl (C=O) groups is 1. The van der Waals surface area contributed by atoms with Gasteiger partial charge in [0.15, 0.2) is 0 Å². The number of fused-ring (bicyclic) bond motifs is 3. The van der Waals surface area contributed by atoms with E-state index in [1.165, 1.54) is 5.56 Å². The number of anilines is 3. The lowest BCUT2D eigenvalue weighted by Crippen LogP contribution is -2.50. The minimum atomic E-state index is -0.509. The highest BCUT2D eigenvalue weighted by molar-refractivity contribution is 7.21. The first-order valence-electron chi connectivity index (χ1n) is 15.0. The molecule has 0 unspecified atom stereocenters. The number of pyridine rings is 3. The predicted octanol–water partition coefficient (Wildman–Crippen LogP) is 6.29. The molecule has 3 aliphatic rings. The van der Waals surface area contributed by atoms with Crippen LogP contribution in [0.3, 0.4) is 0 Å². The van der Waals surface area contributed by atoms with E-state index in [0.29, 0.717) is 18.3 Å². The minimum Gasteiger partial charge on any atom is -0.444 e. The summed E-state index contributed by atoms with van der Waals surface area (Å²) in [5, 5.41) is 4.33. The number of ether oxygens (including phenoxy) is 2. The maximum atomic E-state index is 12.9. The number of hydrogen-bond acceptors (Lipinski definition) is 10. The van der Waals surface area contributed by atoms with Crippen molar-refractivity contribution < 1.29 is 14.3 Å². The van der Waals surface area contributed by atoms with Gasteiger partial charge >= 0.3 is 6.09 Å². The summed E-state index contributed by atoms with van der Waals surface area (Å²) in [5.74, 6) is 2.82. The van der Waals surface area contributed by atoms with Crippen molar-refractivity contribution in [2.24, 2.45) is 0 Å². The Bertz CT molecular complexity index is 1660. The van der Waals surface area contributed by atoms with Crippen LogP contribution in [0.5, 0.6) is 0 Å². The molecule has 2 atom stereocenters. The zero-order valence-corrected chi connectivity index (χ0v) is 25.9. The molecule has 7 rings (SSSR count). The van der Waals surface area contributed by atoms with Gasteiger partial charge in [-0.05, 0) is 76.1 Å². The van der Waals surface area contributed by atoms with E-state index in [1.807, 2.05) is 63.1 Å². The molecule has 224 valence electrons. The quantitative estimate of drug-likeness (QED) is 0.283. The third-order valence-corrected chi connectivity index (χ3v) is 9.46. The molecule has 3 saturated heterocycles. The van der Waals surface area contributed by atoms with Crippen molar-refractivity contribution in [3.05, 3.63) is 53.9 Å². The van der Waals surface area contributed by atoms with Crippen LogP contribution in [0.1, 0.15) is 57.1 Å². The maximum absolute atomic E-state index is 12.9. The smallest absolute Gasteiger partial charge is 0.410 e. The van der Waals surface area contributed by atoms with Gasteiger partial charge in [0.25, 0.3) is 0 Å². The van der Waals surface area contributed by atoms with Crippen LogP contribution in [0, 0.1) is 6.92 Å². The number of aryl methyl sites for hydroxylation is 1. The van der Waals surface area contributed by atoms with Gasteiger partial charge in [-0.3, -0.25) is 4.98 Å². The number of likely N-dealkylation sites (tertiary alicyclic amines) is 1. The summed E-state index contributed by atoms with van der Waals surface area (Å²) in [6.45, 7) is 10.7.